The third-order valence-electron chi connectivity index (χ3n) is 3.63. The Labute approximate surface area is 151 Å². The van der Waals surface area contributed by atoms with Gasteiger partial charge in [0.25, 0.3) is 0 Å². The monoisotopic (exact) mass is 352 g/mol. The Morgan fingerprint density at radius 3 is 2.62 bits per heavy atom. The molecule has 0 saturated heterocycles. The minimum absolute atomic E-state index is 0.438. The first kappa shape index (κ1) is 17.4. The van der Waals surface area contributed by atoms with Crippen LogP contribution in [0, 0.1) is 0 Å². The topological polar surface area (TPSA) is 94.1 Å². The second-order valence-electron chi connectivity index (χ2n) is 5.38. The summed E-state index contributed by atoms with van der Waals surface area (Å²) in [6.07, 6.45) is 3.32. The van der Waals surface area contributed by atoms with E-state index in [1.54, 1.807) is 26.6 Å². The predicted molar refractivity (Wildman–Crippen MR) is 98.3 cm³/mol. The maximum absolute atomic E-state index is 5.32. The van der Waals surface area contributed by atoms with Gasteiger partial charge >= 0.3 is 0 Å². The van der Waals surface area contributed by atoms with Gasteiger partial charge in [0.2, 0.25) is 5.95 Å². The van der Waals surface area contributed by atoms with E-state index in [-0.39, 0.29) is 0 Å². The quantitative estimate of drug-likeness (QED) is 0.639. The lowest BCUT2D eigenvalue weighted by molar-refractivity contribution is 0.354. The molecule has 0 spiro atoms. The van der Waals surface area contributed by atoms with Crippen LogP contribution < -0.4 is 20.1 Å². The fourth-order valence-corrected chi connectivity index (χ4v) is 2.32. The third-order valence-corrected chi connectivity index (χ3v) is 3.63. The number of rotatable bonds is 8. The molecule has 0 aliphatic heterocycles. The molecule has 3 rings (SSSR count). The summed E-state index contributed by atoms with van der Waals surface area (Å²) in [7, 11) is 3.23. The summed E-state index contributed by atoms with van der Waals surface area (Å²) in [5, 5.41) is 14.3. The van der Waals surface area contributed by atoms with Crippen molar-refractivity contribution in [3.05, 3.63) is 60.0 Å². The largest absolute Gasteiger partial charge is 0.493 e. The molecule has 134 valence electrons. The summed E-state index contributed by atoms with van der Waals surface area (Å²) < 4.78 is 10.6. The summed E-state index contributed by atoms with van der Waals surface area (Å²) in [6, 6.07) is 11.5. The Morgan fingerprint density at radius 2 is 1.85 bits per heavy atom. The smallest absolute Gasteiger partial charge is 0.245 e. The average Bonchev–Trinajstić information content (AvgIpc) is 2.71. The van der Waals surface area contributed by atoms with Crippen molar-refractivity contribution in [3.63, 3.8) is 0 Å². The standard InChI is InChI=1S/C18H20N6O2/c1-25-15-7-6-13(9-16(15)26-2)10-20-17-12-22-24-18(23-17)21-11-14-5-3-4-8-19-14/h3-9,12H,10-11H2,1-2H3,(H2,20,21,23,24). The molecule has 0 bridgehead atoms. The number of nitrogens with one attached hydrogen (secondary N) is 2. The first-order valence-corrected chi connectivity index (χ1v) is 8.07. The first-order valence-electron chi connectivity index (χ1n) is 8.07. The maximum atomic E-state index is 5.32. The number of methoxy groups -OCH3 is 2. The van der Waals surface area contributed by atoms with E-state index in [4.69, 9.17) is 9.47 Å². The number of nitrogens with zero attached hydrogens (tertiary/aromatic N) is 4. The molecule has 2 N–H and O–H groups in total. The van der Waals surface area contributed by atoms with Gasteiger partial charge in [0, 0.05) is 12.7 Å². The van der Waals surface area contributed by atoms with Gasteiger partial charge in [0.15, 0.2) is 17.3 Å². The van der Waals surface area contributed by atoms with Crippen LogP contribution in [0.15, 0.2) is 48.8 Å². The molecule has 3 aromatic rings. The summed E-state index contributed by atoms with van der Waals surface area (Å²) in [6.45, 7) is 1.10. The molecule has 8 nitrogen and oxygen atoms in total. The molecule has 0 aliphatic carbocycles. The minimum atomic E-state index is 0.438. The van der Waals surface area contributed by atoms with Gasteiger partial charge in [-0.2, -0.15) is 10.1 Å². The number of hydrogen-bond donors (Lipinski definition) is 2. The molecule has 0 saturated carbocycles. The molecule has 1 aromatic carbocycles. The van der Waals surface area contributed by atoms with Crippen LogP contribution in [0.4, 0.5) is 11.8 Å². The number of aromatic nitrogens is 4. The fraction of sp³-hybridized carbons (Fsp3) is 0.222. The van der Waals surface area contributed by atoms with Gasteiger partial charge < -0.3 is 20.1 Å². The Kier molecular flexibility index (Phi) is 5.76. The van der Waals surface area contributed by atoms with E-state index in [1.807, 2.05) is 36.4 Å². The van der Waals surface area contributed by atoms with Crippen molar-refractivity contribution in [1.82, 2.24) is 20.2 Å². The number of ether oxygens (including phenoxy) is 2. The summed E-state index contributed by atoms with van der Waals surface area (Å²) >= 11 is 0. The van der Waals surface area contributed by atoms with Crippen LogP contribution in [0.1, 0.15) is 11.3 Å². The summed E-state index contributed by atoms with van der Waals surface area (Å²) in [5.41, 5.74) is 1.93. The minimum Gasteiger partial charge on any atom is -0.493 e. The van der Waals surface area contributed by atoms with Crippen LogP contribution in [0.25, 0.3) is 0 Å². The molecular formula is C18H20N6O2. The van der Waals surface area contributed by atoms with Crippen LogP contribution in [-0.2, 0) is 13.1 Å². The lowest BCUT2D eigenvalue weighted by atomic mass is 10.2. The van der Waals surface area contributed by atoms with Crippen LogP contribution in [0.3, 0.4) is 0 Å². The highest BCUT2D eigenvalue weighted by atomic mass is 16.5. The van der Waals surface area contributed by atoms with Gasteiger partial charge in [-0.25, -0.2) is 0 Å². The lowest BCUT2D eigenvalue weighted by Crippen LogP contribution is -2.08. The predicted octanol–water partition coefficient (Wildman–Crippen LogP) is 2.51. The van der Waals surface area contributed by atoms with E-state index in [9.17, 15) is 0 Å². The maximum Gasteiger partial charge on any atom is 0.245 e. The summed E-state index contributed by atoms with van der Waals surface area (Å²) in [5.74, 6) is 2.44. The van der Waals surface area contributed by atoms with E-state index >= 15 is 0 Å². The van der Waals surface area contributed by atoms with Gasteiger partial charge in [-0.05, 0) is 29.8 Å². The van der Waals surface area contributed by atoms with Gasteiger partial charge in [-0.1, -0.05) is 12.1 Å². The fourth-order valence-electron chi connectivity index (χ4n) is 2.32. The molecular weight excluding hydrogens is 332 g/mol. The molecule has 0 radical (unpaired) electrons. The van der Waals surface area contributed by atoms with Crippen molar-refractivity contribution in [2.45, 2.75) is 13.1 Å². The number of hydrogen-bond acceptors (Lipinski definition) is 8. The van der Waals surface area contributed by atoms with Crippen molar-refractivity contribution < 1.29 is 9.47 Å². The number of anilines is 2. The molecule has 0 amide bonds. The highest BCUT2D eigenvalue weighted by Gasteiger charge is 2.06. The van der Waals surface area contributed by atoms with E-state index in [2.05, 4.69) is 30.8 Å². The van der Waals surface area contributed by atoms with Gasteiger partial charge in [-0.15, -0.1) is 5.10 Å². The number of pyridine rings is 1. The second kappa shape index (κ2) is 8.61. The SMILES string of the molecule is COc1ccc(CNc2cnnc(NCc3ccccn3)n2)cc1OC. The Balaban J connectivity index is 1.60. The normalized spacial score (nSPS) is 10.2. The van der Waals surface area contributed by atoms with E-state index in [0.717, 1.165) is 11.3 Å². The molecule has 26 heavy (non-hydrogen) atoms. The van der Waals surface area contributed by atoms with Gasteiger partial charge in [-0.3, -0.25) is 4.98 Å². The zero-order valence-corrected chi connectivity index (χ0v) is 14.6. The van der Waals surface area contributed by atoms with Crippen molar-refractivity contribution in [2.24, 2.45) is 0 Å². The van der Waals surface area contributed by atoms with Crippen LogP contribution in [0.5, 0.6) is 11.5 Å². The van der Waals surface area contributed by atoms with Gasteiger partial charge in [0.05, 0.1) is 32.7 Å². The molecule has 8 heteroatoms. The van der Waals surface area contributed by atoms with E-state index < -0.39 is 0 Å². The Bertz CT molecular complexity index is 844. The van der Waals surface area contributed by atoms with Gasteiger partial charge in [0.1, 0.15) is 0 Å². The molecule has 0 aliphatic rings. The van der Waals surface area contributed by atoms with Crippen molar-refractivity contribution >= 4 is 11.8 Å². The second-order valence-corrected chi connectivity index (χ2v) is 5.38. The van der Waals surface area contributed by atoms with Crippen LogP contribution in [0.2, 0.25) is 0 Å². The van der Waals surface area contributed by atoms with E-state index in [0.29, 0.717) is 36.4 Å². The van der Waals surface area contributed by atoms with Crippen molar-refractivity contribution in [3.8, 4) is 11.5 Å². The first-order chi connectivity index (χ1) is 12.8. The molecule has 0 unspecified atom stereocenters. The molecule has 0 atom stereocenters. The lowest BCUT2D eigenvalue weighted by Gasteiger charge is -2.11. The van der Waals surface area contributed by atoms with Crippen LogP contribution >= 0.6 is 0 Å². The highest BCUT2D eigenvalue weighted by Crippen LogP contribution is 2.27. The zero-order chi connectivity index (χ0) is 18.2. The van der Waals surface area contributed by atoms with Crippen molar-refractivity contribution in [1.29, 1.82) is 0 Å². The Morgan fingerprint density at radius 1 is 0.962 bits per heavy atom. The molecule has 0 fully saturated rings. The highest BCUT2D eigenvalue weighted by molar-refractivity contribution is 5.44. The van der Waals surface area contributed by atoms with E-state index in [1.165, 1.54) is 0 Å². The molecule has 2 aromatic heterocycles. The molecule has 2 heterocycles. The van der Waals surface area contributed by atoms with Crippen LogP contribution in [-0.4, -0.2) is 34.4 Å². The number of benzene rings is 1. The zero-order valence-electron chi connectivity index (χ0n) is 14.6. The Hall–Kier alpha value is -3.42. The average molecular weight is 352 g/mol. The van der Waals surface area contributed by atoms with Crippen molar-refractivity contribution in [2.75, 3.05) is 24.9 Å². The summed E-state index contributed by atoms with van der Waals surface area (Å²) in [4.78, 5) is 8.65. The third kappa shape index (κ3) is 4.56.